The van der Waals surface area contributed by atoms with Crippen molar-refractivity contribution in [2.24, 2.45) is 0 Å². The lowest BCUT2D eigenvalue weighted by atomic mass is 10.1. The fourth-order valence-electron chi connectivity index (χ4n) is 1.71. The molecule has 0 spiro atoms. The van der Waals surface area contributed by atoms with Crippen molar-refractivity contribution in [1.82, 2.24) is 4.98 Å². The smallest absolute Gasteiger partial charge is 0.128 e. The van der Waals surface area contributed by atoms with Gasteiger partial charge in [0.25, 0.3) is 0 Å². The molecule has 0 fully saturated rings. The van der Waals surface area contributed by atoms with Crippen LogP contribution >= 0.6 is 11.6 Å². The first kappa shape index (κ1) is 11.9. The average Bonchev–Trinajstić information content (AvgIpc) is 2.36. The molecule has 1 heterocycles. The van der Waals surface area contributed by atoms with Crippen molar-refractivity contribution < 1.29 is 4.74 Å². The first-order valence-corrected chi connectivity index (χ1v) is 5.93. The van der Waals surface area contributed by atoms with Crippen LogP contribution in [-0.2, 0) is 0 Å². The molecule has 0 aliphatic rings. The topological polar surface area (TPSA) is 22.1 Å². The Labute approximate surface area is 106 Å². The Kier molecular flexibility index (Phi) is 3.64. The van der Waals surface area contributed by atoms with Crippen molar-refractivity contribution in [1.29, 1.82) is 0 Å². The fraction of sp³-hybridized carbons (Fsp3) is 0.214. The predicted octanol–water partition coefficient (Wildman–Crippen LogP) is 4.32. The number of benzene rings is 1. The fourth-order valence-corrected chi connectivity index (χ4v) is 1.92. The molecule has 0 amide bonds. The molecule has 0 aliphatic carbocycles. The zero-order valence-corrected chi connectivity index (χ0v) is 10.7. The molecule has 1 aromatic heterocycles. The van der Waals surface area contributed by atoms with Gasteiger partial charge in [0.2, 0.25) is 0 Å². The second-order valence-electron chi connectivity index (χ2n) is 3.71. The van der Waals surface area contributed by atoms with E-state index in [0.717, 1.165) is 28.6 Å². The highest BCUT2D eigenvalue weighted by molar-refractivity contribution is 6.35. The summed E-state index contributed by atoms with van der Waals surface area (Å²) < 4.78 is 5.36. The van der Waals surface area contributed by atoms with Crippen molar-refractivity contribution in [3.63, 3.8) is 0 Å². The molecule has 0 radical (unpaired) electrons. The molecule has 0 unspecified atom stereocenters. The first-order valence-electron chi connectivity index (χ1n) is 5.55. The van der Waals surface area contributed by atoms with Gasteiger partial charge in [-0.1, -0.05) is 30.7 Å². The maximum atomic E-state index is 6.15. The zero-order valence-electron chi connectivity index (χ0n) is 9.90. The Hall–Kier alpha value is -1.54. The number of hydrogen-bond donors (Lipinski definition) is 0. The van der Waals surface area contributed by atoms with E-state index < -0.39 is 0 Å². The number of nitrogens with zero attached hydrogens (tertiary/aromatic N) is 1. The van der Waals surface area contributed by atoms with Crippen LogP contribution in [0, 0.1) is 0 Å². The summed E-state index contributed by atoms with van der Waals surface area (Å²) in [5, 5.41) is 1.66. The first-order chi connectivity index (χ1) is 8.26. The third-order valence-electron chi connectivity index (χ3n) is 2.57. The molecule has 2 rings (SSSR count). The van der Waals surface area contributed by atoms with Crippen LogP contribution in [0.25, 0.3) is 17.0 Å². The van der Waals surface area contributed by atoms with Gasteiger partial charge in [0.05, 0.1) is 17.6 Å². The van der Waals surface area contributed by atoms with Crippen LogP contribution in [0.2, 0.25) is 5.02 Å². The number of allylic oxidation sites excluding steroid dienone is 1. The van der Waals surface area contributed by atoms with Gasteiger partial charge >= 0.3 is 0 Å². The van der Waals surface area contributed by atoms with E-state index in [2.05, 4.69) is 18.0 Å². The monoisotopic (exact) mass is 247 g/mol. The van der Waals surface area contributed by atoms with Gasteiger partial charge in [0, 0.05) is 23.2 Å². The Morgan fingerprint density at radius 1 is 1.41 bits per heavy atom. The van der Waals surface area contributed by atoms with Gasteiger partial charge in [-0.3, -0.25) is 4.98 Å². The van der Waals surface area contributed by atoms with Crippen LogP contribution in [-0.4, -0.2) is 12.1 Å². The summed E-state index contributed by atoms with van der Waals surface area (Å²) in [5.41, 5.74) is 1.87. The SMILES string of the molecule is CC/C=C/c1cc2c(Cl)ccnc2cc1OC. The Morgan fingerprint density at radius 2 is 2.24 bits per heavy atom. The minimum atomic E-state index is 0.712. The van der Waals surface area contributed by atoms with Crippen molar-refractivity contribution in [3.05, 3.63) is 41.1 Å². The second-order valence-corrected chi connectivity index (χ2v) is 4.12. The van der Waals surface area contributed by atoms with Crippen LogP contribution < -0.4 is 4.74 Å². The van der Waals surface area contributed by atoms with E-state index >= 15 is 0 Å². The highest BCUT2D eigenvalue weighted by Gasteiger charge is 2.06. The normalized spacial score (nSPS) is 11.2. The number of ether oxygens (including phenoxy) is 1. The summed E-state index contributed by atoms with van der Waals surface area (Å²) in [6, 6.07) is 5.72. The van der Waals surface area contributed by atoms with Crippen LogP contribution in [0.5, 0.6) is 5.75 Å². The molecular formula is C14H14ClNO. The summed E-state index contributed by atoms with van der Waals surface area (Å²) in [4.78, 5) is 4.28. The number of fused-ring (bicyclic) bond motifs is 1. The van der Waals surface area contributed by atoms with Gasteiger partial charge in [-0.15, -0.1) is 0 Å². The predicted molar refractivity (Wildman–Crippen MR) is 72.6 cm³/mol. The maximum absolute atomic E-state index is 6.15. The molecular weight excluding hydrogens is 234 g/mol. The minimum absolute atomic E-state index is 0.712. The summed E-state index contributed by atoms with van der Waals surface area (Å²) in [5.74, 6) is 0.817. The number of hydrogen-bond acceptors (Lipinski definition) is 2. The molecule has 2 aromatic rings. The third kappa shape index (κ3) is 2.42. The highest BCUT2D eigenvalue weighted by atomic mass is 35.5. The van der Waals surface area contributed by atoms with Gasteiger partial charge in [0.15, 0.2) is 0 Å². The standard InChI is InChI=1S/C14H14ClNO/c1-3-4-5-10-8-11-12(15)6-7-16-13(11)9-14(10)17-2/h4-9H,3H2,1-2H3/b5-4+. The van der Waals surface area contributed by atoms with E-state index in [0.29, 0.717) is 5.02 Å². The van der Waals surface area contributed by atoms with Crippen LogP contribution in [0.4, 0.5) is 0 Å². The number of aromatic nitrogens is 1. The maximum Gasteiger partial charge on any atom is 0.128 e. The van der Waals surface area contributed by atoms with E-state index in [9.17, 15) is 0 Å². The molecule has 1 aromatic carbocycles. The Morgan fingerprint density at radius 3 is 2.94 bits per heavy atom. The number of rotatable bonds is 3. The Bertz CT molecular complexity index is 563. The molecule has 0 N–H and O–H groups in total. The van der Waals surface area contributed by atoms with E-state index in [4.69, 9.17) is 16.3 Å². The van der Waals surface area contributed by atoms with Gasteiger partial charge in [-0.2, -0.15) is 0 Å². The molecule has 17 heavy (non-hydrogen) atoms. The second kappa shape index (κ2) is 5.19. The Balaban J connectivity index is 2.65. The number of halogens is 1. The highest BCUT2D eigenvalue weighted by Crippen LogP contribution is 2.29. The molecule has 0 atom stereocenters. The van der Waals surface area contributed by atoms with E-state index in [1.807, 2.05) is 18.2 Å². The lowest BCUT2D eigenvalue weighted by molar-refractivity contribution is 0.414. The van der Waals surface area contributed by atoms with E-state index in [-0.39, 0.29) is 0 Å². The summed E-state index contributed by atoms with van der Waals surface area (Å²) in [6.45, 7) is 2.10. The largest absolute Gasteiger partial charge is 0.496 e. The van der Waals surface area contributed by atoms with Crippen molar-refractivity contribution in [2.75, 3.05) is 7.11 Å². The van der Waals surface area contributed by atoms with Crippen LogP contribution in [0.15, 0.2) is 30.5 Å². The summed E-state index contributed by atoms with van der Waals surface area (Å²) >= 11 is 6.15. The molecule has 0 aliphatic heterocycles. The average molecular weight is 248 g/mol. The molecule has 0 bridgehead atoms. The van der Waals surface area contributed by atoms with Crippen molar-refractivity contribution >= 4 is 28.6 Å². The van der Waals surface area contributed by atoms with Crippen molar-refractivity contribution in [3.8, 4) is 5.75 Å². The van der Waals surface area contributed by atoms with Gasteiger partial charge in [-0.05, 0) is 18.6 Å². The molecule has 0 saturated heterocycles. The quantitative estimate of drug-likeness (QED) is 0.806. The van der Waals surface area contributed by atoms with Crippen LogP contribution in [0.1, 0.15) is 18.9 Å². The lowest BCUT2D eigenvalue weighted by Gasteiger charge is -2.07. The molecule has 3 heteroatoms. The van der Waals surface area contributed by atoms with Gasteiger partial charge in [0.1, 0.15) is 5.75 Å². The molecule has 88 valence electrons. The zero-order chi connectivity index (χ0) is 12.3. The summed E-state index contributed by atoms with van der Waals surface area (Å²) in [7, 11) is 1.66. The third-order valence-corrected chi connectivity index (χ3v) is 2.90. The lowest BCUT2D eigenvalue weighted by Crippen LogP contribution is -1.89. The molecule has 0 saturated carbocycles. The summed E-state index contributed by atoms with van der Waals surface area (Å²) in [6.07, 6.45) is 6.82. The van der Waals surface area contributed by atoms with E-state index in [1.165, 1.54) is 0 Å². The number of pyridine rings is 1. The van der Waals surface area contributed by atoms with Gasteiger partial charge in [-0.25, -0.2) is 0 Å². The van der Waals surface area contributed by atoms with E-state index in [1.54, 1.807) is 19.4 Å². The number of methoxy groups -OCH3 is 1. The van der Waals surface area contributed by atoms with Gasteiger partial charge < -0.3 is 4.74 Å². The molecule has 2 nitrogen and oxygen atoms in total. The van der Waals surface area contributed by atoms with Crippen molar-refractivity contribution in [2.45, 2.75) is 13.3 Å². The van der Waals surface area contributed by atoms with Crippen LogP contribution in [0.3, 0.4) is 0 Å². The minimum Gasteiger partial charge on any atom is -0.496 e.